The van der Waals surface area contributed by atoms with E-state index in [0.29, 0.717) is 0 Å². The van der Waals surface area contributed by atoms with Crippen LogP contribution >= 0.6 is 11.3 Å². The van der Waals surface area contributed by atoms with Gasteiger partial charge in [0.05, 0.1) is 5.69 Å². The van der Waals surface area contributed by atoms with E-state index in [2.05, 4.69) is 93.8 Å². The summed E-state index contributed by atoms with van der Waals surface area (Å²) in [4.78, 5) is 0. The summed E-state index contributed by atoms with van der Waals surface area (Å²) in [5, 5.41) is 12.4. The number of nitrogens with zero attached hydrogens (tertiary/aromatic N) is 1. The molecule has 1 N–H and O–H groups in total. The summed E-state index contributed by atoms with van der Waals surface area (Å²) in [6.07, 6.45) is 5.49. The first-order chi connectivity index (χ1) is 12.9. The van der Waals surface area contributed by atoms with Crippen LogP contribution in [0.25, 0.3) is 17.3 Å². The van der Waals surface area contributed by atoms with Crippen LogP contribution < -0.4 is 0 Å². The summed E-state index contributed by atoms with van der Waals surface area (Å²) in [6, 6.07) is 23.4. The van der Waals surface area contributed by atoms with E-state index in [-0.39, 0.29) is 5.41 Å². The Labute approximate surface area is 156 Å². The second-order valence-corrected chi connectivity index (χ2v) is 7.47. The molecule has 1 unspecified atom stereocenters. The van der Waals surface area contributed by atoms with Crippen LogP contribution in [0.1, 0.15) is 22.4 Å². The molecule has 0 saturated heterocycles. The molecule has 0 aliphatic heterocycles. The fraction of sp³-hybridized carbons (Fsp3) is 0.0870. The van der Waals surface area contributed by atoms with Crippen molar-refractivity contribution in [3.63, 3.8) is 0 Å². The molecule has 3 heteroatoms. The topological polar surface area (TPSA) is 28.7 Å². The Balaban J connectivity index is 1.65. The molecule has 1 aliphatic rings. The molecule has 0 fully saturated rings. The molecule has 5 rings (SSSR count). The molecule has 4 aromatic rings. The Bertz CT molecular complexity index is 1050. The van der Waals surface area contributed by atoms with Crippen LogP contribution in [-0.2, 0) is 11.8 Å². The van der Waals surface area contributed by atoms with Gasteiger partial charge in [0.25, 0.3) is 0 Å². The van der Waals surface area contributed by atoms with Gasteiger partial charge in [-0.05, 0) is 28.0 Å². The van der Waals surface area contributed by atoms with Crippen molar-refractivity contribution in [2.75, 3.05) is 0 Å². The van der Waals surface area contributed by atoms with Crippen molar-refractivity contribution in [1.29, 1.82) is 0 Å². The van der Waals surface area contributed by atoms with Crippen molar-refractivity contribution < 1.29 is 0 Å². The predicted octanol–water partition coefficient (Wildman–Crippen LogP) is 5.69. The molecule has 0 saturated carbocycles. The van der Waals surface area contributed by atoms with Gasteiger partial charge in [0.1, 0.15) is 0 Å². The van der Waals surface area contributed by atoms with Crippen LogP contribution in [0.3, 0.4) is 0 Å². The largest absolute Gasteiger partial charge is 0.281 e. The Hall–Kier alpha value is -2.91. The molecule has 2 nitrogen and oxygen atoms in total. The van der Waals surface area contributed by atoms with E-state index in [1.54, 1.807) is 11.3 Å². The molecule has 0 radical (unpaired) electrons. The molecule has 26 heavy (non-hydrogen) atoms. The second-order valence-electron chi connectivity index (χ2n) is 6.69. The molecule has 0 spiro atoms. The maximum Gasteiger partial charge on any atom is 0.0995 e. The highest BCUT2D eigenvalue weighted by atomic mass is 32.1. The lowest BCUT2D eigenvalue weighted by Crippen LogP contribution is -2.30. The number of fused-ring (bicyclic) bond motifs is 1. The van der Waals surface area contributed by atoms with Gasteiger partial charge in [-0.1, -0.05) is 72.8 Å². The number of aromatic amines is 1. The number of allylic oxidation sites excluding steroid dienone is 1. The first-order valence-electron chi connectivity index (χ1n) is 8.77. The van der Waals surface area contributed by atoms with Crippen LogP contribution in [0.4, 0.5) is 0 Å². The number of benzene rings is 2. The van der Waals surface area contributed by atoms with Gasteiger partial charge in [0.15, 0.2) is 0 Å². The number of nitrogens with one attached hydrogen (secondary N) is 1. The third kappa shape index (κ3) is 2.36. The molecule has 2 heterocycles. The summed E-state index contributed by atoms with van der Waals surface area (Å²) in [5.74, 6) is 0. The van der Waals surface area contributed by atoms with Crippen LogP contribution in [-0.4, -0.2) is 10.2 Å². The van der Waals surface area contributed by atoms with Crippen molar-refractivity contribution >= 4 is 17.4 Å². The van der Waals surface area contributed by atoms with E-state index in [9.17, 15) is 0 Å². The molecule has 1 aliphatic carbocycles. The average Bonchev–Trinajstić information content (AvgIpc) is 3.39. The lowest BCUT2D eigenvalue weighted by molar-refractivity contribution is 0.623. The normalized spacial score (nSPS) is 18.6. The molecule has 1 atom stereocenters. The van der Waals surface area contributed by atoms with Crippen LogP contribution in [0.2, 0.25) is 0 Å². The van der Waals surface area contributed by atoms with Gasteiger partial charge >= 0.3 is 0 Å². The van der Waals surface area contributed by atoms with Crippen molar-refractivity contribution in [2.24, 2.45) is 0 Å². The highest BCUT2D eigenvalue weighted by molar-refractivity contribution is 7.08. The molecular formula is C23H18N2S. The zero-order chi connectivity index (χ0) is 17.4. The van der Waals surface area contributed by atoms with Crippen molar-refractivity contribution in [1.82, 2.24) is 10.2 Å². The Kier molecular flexibility index (Phi) is 3.61. The maximum atomic E-state index is 4.63. The quantitative estimate of drug-likeness (QED) is 0.503. The van der Waals surface area contributed by atoms with Gasteiger partial charge < -0.3 is 0 Å². The van der Waals surface area contributed by atoms with E-state index in [1.165, 1.54) is 22.4 Å². The van der Waals surface area contributed by atoms with Gasteiger partial charge in [-0.25, -0.2) is 0 Å². The van der Waals surface area contributed by atoms with E-state index in [1.807, 2.05) is 6.07 Å². The van der Waals surface area contributed by atoms with Gasteiger partial charge in [-0.2, -0.15) is 16.4 Å². The third-order valence-corrected chi connectivity index (χ3v) is 5.93. The number of hydrogen-bond acceptors (Lipinski definition) is 2. The van der Waals surface area contributed by atoms with Crippen LogP contribution in [0.15, 0.2) is 83.6 Å². The monoisotopic (exact) mass is 354 g/mol. The SMILES string of the molecule is C1=CC(c2ccccc2)(c2ccsc2)Cc2[nH]nc(-c3ccccc3)c21. The Morgan fingerprint density at radius 3 is 2.38 bits per heavy atom. The fourth-order valence-corrected chi connectivity index (χ4v) is 4.64. The van der Waals surface area contributed by atoms with Crippen molar-refractivity contribution in [2.45, 2.75) is 11.8 Å². The number of aromatic nitrogens is 2. The minimum absolute atomic E-state index is 0.144. The highest BCUT2D eigenvalue weighted by Gasteiger charge is 2.36. The fourth-order valence-electron chi connectivity index (χ4n) is 3.90. The van der Waals surface area contributed by atoms with Crippen LogP contribution in [0, 0.1) is 0 Å². The number of thiophene rings is 1. The Morgan fingerprint density at radius 1 is 0.885 bits per heavy atom. The van der Waals surface area contributed by atoms with Gasteiger partial charge in [0.2, 0.25) is 0 Å². The van der Waals surface area contributed by atoms with Crippen LogP contribution in [0.5, 0.6) is 0 Å². The molecule has 2 aromatic carbocycles. The first kappa shape index (κ1) is 15.4. The van der Waals surface area contributed by atoms with E-state index in [0.717, 1.165) is 17.7 Å². The van der Waals surface area contributed by atoms with E-state index in [4.69, 9.17) is 0 Å². The molecule has 0 bridgehead atoms. The second kappa shape index (κ2) is 6.11. The lowest BCUT2D eigenvalue weighted by Gasteiger charge is -2.33. The van der Waals surface area contributed by atoms with E-state index >= 15 is 0 Å². The highest BCUT2D eigenvalue weighted by Crippen LogP contribution is 2.43. The lowest BCUT2D eigenvalue weighted by atomic mass is 9.69. The summed E-state index contributed by atoms with van der Waals surface area (Å²) in [6.45, 7) is 0. The molecule has 126 valence electrons. The van der Waals surface area contributed by atoms with Gasteiger partial charge in [-0.15, -0.1) is 0 Å². The third-order valence-electron chi connectivity index (χ3n) is 5.25. The smallest absolute Gasteiger partial charge is 0.0995 e. The minimum atomic E-state index is -0.144. The number of rotatable bonds is 3. The zero-order valence-electron chi connectivity index (χ0n) is 14.2. The molecular weight excluding hydrogens is 336 g/mol. The molecule has 2 aromatic heterocycles. The van der Waals surface area contributed by atoms with Gasteiger partial charge in [-0.3, -0.25) is 5.10 Å². The average molecular weight is 354 g/mol. The maximum absolute atomic E-state index is 4.63. The minimum Gasteiger partial charge on any atom is -0.281 e. The van der Waals surface area contributed by atoms with Gasteiger partial charge in [0, 0.05) is 28.7 Å². The Morgan fingerprint density at radius 2 is 1.65 bits per heavy atom. The zero-order valence-corrected chi connectivity index (χ0v) is 15.0. The van der Waals surface area contributed by atoms with Crippen molar-refractivity contribution in [3.05, 3.63) is 106 Å². The predicted molar refractivity (Wildman–Crippen MR) is 108 cm³/mol. The van der Waals surface area contributed by atoms with E-state index < -0.39 is 0 Å². The number of hydrogen-bond donors (Lipinski definition) is 1. The molecule has 0 amide bonds. The summed E-state index contributed by atoms with van der Waals surface area (Å²) in [5.41, 5.74) is 7.10. The first-order valence-corrected chi connectivity index (χ1v) is 9.71. The number of H-pyrrole nitrogens is 1. The summed E-state index contributed by atoms with van der Waals surface area (Å²) < 4.78 is 0. The standard InChI is InChI=1S/C23H18N2S/c1-3-7-17(8-4-1)22-20-11-13-23(15-21(20)24-25-22,19-12-14-26-16-19)18-9-5-2-6-10-18/h1-14,16H,15H2,(H,24,25). The summed E-state index contributed by atoms with van der Waals surface area (Å²) in [7, 11) is 0. The summed E-state index contributed by atoms with van der Waals surface area (Å²) >= 11 is 1.75. The van der Waals surface area contributed by atoms with Crippen molar-refractivity contribution in [3.8, 4) is 11.3 Å².